The van der Waals surface area contributed by atoms with Crippen molar-refractivity contribution in [3.8, 4) is 5.75 Å². The van der Waals surface area contributed by atoms with Crippen LogP contribution in [0.4, 0.5) is 17.2 Å². The molecular formula is C37H41N7O2. The molecular weight excluding hydrogens is 574 g/mol. The molecule has 7 rings (SSSR count). The fourth-order valence-electron chi connectivity index (χ4n) is 6.82. The van der Waals surface area contributed by atoms with Gasteiger partial charge in [-0.05, 0) is 55.2 Å². The van der Waals surface area contributed by atoms with Crippen LogP contribution in [0.2, 0.25) is 0 Å². The third kappa shape index (κ3) is 6.40. The monoisotopic (exact) mass is 615 g/mol. The molecule has 0 radical (unpaired) electrons. The molecule has 9 nitrogen and oxygen atoms in total. The zero-order chi connectivity index (χ0) is 31.3. The third-order valence-electron chi connectivity index (χ3n) is 9.42. The van der Waals surface area contributed by atoms with Gasteiger partial charge < -0.3 is 24.3 Å². The summed E-state index contributed by atoms with van der Waals surface area (Å²) in [7, 11) is 1.69. The van der Waals surface area contributed by atoms with E-state index in [1.807, 2.05) is 35.4 Å². The normalized spacial score (nSPS) is 18.2. The van der Waals surface area contributed by atoms with E-state index in [4.69, 9.17) is 14.7 Å². The molecule has 3 aliphatic heterocycles. The van der Waals surface area contributed by atoms with Crippen LogP contribution in [-0.2, 0) is 12.8 Å². The van der Waals surface area contributed by atoms with Crippen LogP contribution in [-0.4, -0.2) is 92.5 Å². The number of para-hydroxylation sites is 1. The summed E-state index contributed by atoms with van der Waals surface area (Å²) >= 11 is 0. The summed E-state index contributed by atoms with van der Waals surface area (Å²) in [6, 6.07) is 27.1. The molecule has 4 heterocycles. The Kier molecular flexibility index (Phi) is 8.80. The van der Waals surface area contributed by atoms with Gasteiger partial charge in [-0.15, -0.1) is 0 Å². The number of hydrogen-bond acceptors (Lipinski definition) is 8. The highest BCUT2D eigenvalue weighted by Gasteiger charge is 2.27. The van der Waals surface area contributed by atoms with Crippen LogP contribution in [0.15, 0.2) is 90.2 Å². The van der Waals surface area contributed by atoms with E-state index in [-0.39, 0.29) is 11.9 Å². The Morgan fingerprint density at radius 2 is 1.50 bits per heavy atom. The Morgan fingerprint density at radius 3 is 2.24 bits per heavy atom. The minimum absolute atomic E-state index is 0.0729. The van der Waals surface area contributed by atoms with Gasteiger partial charge in [0.1, 0.15) is 17.9 Å². The molecule has 2 fully saturated rings. The average molecular weight is 616 g/mol. The number of nitrogens with zero attached hydrogens (tertiary/aromatic N) is 7. The largest absolute Gasteiger partial charge is 0.495 e. The van der Waals surface area contributed by atoms with Crippen molar-refractivity contribution in [1.82, 2.24) is 14.9 Å². The Labute approximate surface area is 271 Å². The first-order valence-electron chi connectivity index (χ1n) is 16.3. The molecule has 1 aromatic heterocycles. The van der Waals surface area contributed by atoms with E-state index < -0.39 is 0 Å². The van der Waals surface area contributed by atoms with Gasteiger partial charge in [0.25, 0.3) is 5.91 Å². The molecule has 0 N–H and O–H groups in total. The van der Waals surface area contributed by atoms with Crippen LogP contribution in [0.25, 0.3) is 0 Å². The molecule has 0 spiro atoms. The molecule has 1 atom stereocenters. The first-order valence-corrected chi connectivity index (χ1v) is 16.3. The second kappa shape index (κ2) is 13.6. The zero-order valence-electron chi connectivity index (χ0n) is 26.5. The fraction of sp³-hybridized carbons (Fsp3) is 0.351. The molecule has 9 heteroatoms. The topological polar surface area (TPSA) is 77.4 Å². The number of carbonyl (C=O) groups excluding carboxylic acids is 1. The molecule has 4 aromatic rings. The second-order valence-electron chi connectivity index (χ2n) is 12.2. The van der Waals surface area contributed by atoms with Crippen molar-refractivity contribution in [1.29, 1.82) is 0 Å². The Bertz CT molecular complexity index is 1660. The van der Waals surface area contributed by atoms with Crippen LogP contribution >= 0.6 is 0 Å². The minimum atomic E-state index is 0.0729. The second-order valence-corrected chi connectivity index (χ2v) is 12.2. The number of methoxy groups -OCH3 is 1. The third-order valence-corrected chi connectivity index (χ3v) is 9.42. The van der Waals surface area contributed by atoms with Crippen LogP contribution in [0.1, 0.15) is 33.6 Å². The van der Waals surface area contributed by atoms with Crippen molar-refractivity contribution >= 4 is 29.3 Å². The number of benzene rings is 3. The van der Waals surface area contributed by atoms with Crippen LogP contribution in [0.5, 0.6) is 5.75 Å². The zero-order valence-corrected chi connectivity index (χ0v) is 26.5. The van der Waals surface area contributed by atoms with Gasteiger partial charge in [-0.1, -0.05) is 48.5 Å². The molecule has 1 amide bonds. The summed E-state index contributed by atoms with van der Waals surface area (Å²) < 4.78 is 5.77. The number of piperazine rings is 2. The molecule has 3 aliphatic rings. The first kappa shape index (κ1) is 29.8. The predicted octanol–water partition coefficient (Wildman–Crippen LogP) is 4.75. The van der Waals surface area contributed by atoms with E-state index >= 15 is 0 Å². The van der Waals surface area contributed by atoms with Crippen molar-refractivity contribution in [2.75, 3.05) is 74.2 Å². The van der Waals surface area contributed by atoms with Crippen LogP contribution in [0, 0.1) is 0 Å². The van der Waals surface area contributed by atoms with E-state index in [0.29, 0.717) is 18.7 Å². The van der Waals surface area contributed by atoms with Crippen LogP contribution in [0.3, 0.4) is 0 Å². The number of hydrogen-bond donors (Lipinski definition) is 0. The van der Waals surface area contributed by atoms with Gasteiger partial charge in [0.15, 0.2) is 0 Å². The molecule has 1 unspecified atom stereocenters. The summed E-state index contributed by atoms with van der Waals surface area (Å²) in [6.07, 6.45) is 6.50. The van der Waals surface area contributed by atoms with Gasteiger partial charge in [-0.3, -0.25) is 9.79 Å². The summed E-state index contributed by atoms with van der Waals surface area (Å²) in [5.41, 5.74) is 6.30. The Balaban J connectivity index is 1.01. The summed E-state index contributed by atoms with van der Waals surface area (Å²) in [5.74, 6) is 1.81. The lowest BCUT2D eigenvalue weighted by Crippen LogP contribution is -2.49. The van der Waals surface area contributed by atoms with E-state index in [1.165, 1.54) is 11.3 Å². The lowest BCUT2D eigenvalue weighted by atomic mass is 10.0. The van der Waals surface area contributed by atoms with Crippen molar-refractivity contribution in [3.63, 3.8) is 0 Å². The number of fused-ring (bicyclic) bond motifs is 1. The summed E-state index contributed by atoms with van der Waals surface area (Å²) in [4.78, 5) is 37.0. The maximum absolute atomic E-state index is 13.6. The number of anilines is 3. The molecule has 0 aliphatic carbocycles. The number of aromatic nitrogens is 2. The fourth-order valence-corrected chi connectivity index (χ4v) is 6.82. The number of amides is 1. The Hall–Kier alpha value is -4.92. The summed E-state index contributed by atoms with van der Waals surface area (Å²) in [5, 5.41) is 0. The number of aryl methyl sites for hydroxylation is 1. The number of ether oxygens (including phenoxy) is 1. The highest BCUT2D eigenvalue weighted by Crippen LogP contribution is 2.32. The molecule has 0 bridgehead atoms. The van der Waals surface area contributed by atoms with Gasteiger partial charge in [-0.25, -0.2) is 9.97 Å². The van der Waals surface area contributed by atoms with Gasteiger partial charge in [0.2, 0.25) is 0 Å². The van der Waals surface area contributed by atoms with Crippen LogP contribution < -0.4 is 19.4 Å². The molecule has 2 saturated heterocycles. The van der Waals surface area contributed by atoms with Gasteiger partial charge in [0, 0.05) is 69.8 Å². The molecule has 236 valence electrons. The molecule has 0 saturated carbocycles. The maximum Gasteiger partial charge on any atom is 0.254 e. The first-order chi connectivity index (χ1) is 22.7. The highest BCUT2D eigenvalue weighted by atomic mass is 16.5. The van der Waals surface area contributed by atoms with Crippen molar-refractivity contribution in [2.45, 2.75) is 25.3 Å². The van der Waals surface area contributed by atoms with Gasteiger partial charge >= 0.3 is 0 Å². The van der Waals surface area contributed by atoms with Gasteiger partial charge in [-0.2, -0.15) is 0 Å². The minimum Gasteiger partial charge on any atom is -0.495 e. The maximum atomic E-state index is 13.6. The van der Waals surface area contributed by atoms with Crippen molar-refractivity contribution < 1.29 is 9.53 Å². The Morgan fingerprint density at radius 1 is 0.804 bits per heavy atom. The quantitative estimate of drug-likeness (QED) is 0.297. The highest BCUT2D eigenvalue weighted by molar-refractivity contribution is 5.96. The van der Waals surface area contributed by atoms with Crippen molar-refractivity contribution in [3.05, 3.63) is 108 Å². The van der Waals surface area contributed by atoms with Crippen molar-refractivity contribution in [2.24, 2.45) is 4.99 Å². The average Bonchev–Trinajstić information content (AvgIpc) is 3.34. The van der Waals surface area contributed by atoms with E-state index in [2.05, 4.69) is 74.3 Å². The number of rotatable bonds is 7. The number of carbonyl (C=O) groups is 1. The van der Waals surface area contributed by atoms with E-state index in [9.17, 15) is 4.79 Å². The SMILES string of the molecule is COc1ccc(C(=O)N2CCN(c3ccccc3)CC2)cc1N1CCN(c2ncnc3c2C=NC(Cc2ccccc2)CC3)CC1. The molecule has 46 heavy (non-hydrogen) atoms. The lowest BCUT2D eigenvalue weighted by Gasteiger charge is -2.38. The lowest BCUT2D eigenvalue weighted by molar-refractivity contribution is 0.0746. The number of aliphatic imine (C=N–C) groups is 1. The molecule has 3 aromatic carbocycles. The summed E-state index contributed by atoms with van der Waals surface area (Å²) in [6.45, 7) is 6.23. The van der Waals surface area contributed by atoms with E-state index in [1.54, 1.807) is 13.4 Å². The van der Waals surface area contributed by atoms with E-state index in [0.717, 1.165) is 87.0 Å². The smallest absolute Gasteiger partial charge is 0.254 e. The standard InChI is InChI=1S/C37H41N7O2/c1-46-35-15-12-29(37(45)44-22-16-41(17-23-44)31-10-6-3-7-11-31)25-34(35)42-18-20-43(21-19-42)36-32-26-38-30(13-14-33(32)39-27-40-36)24-28-8-4-2-5-9-28/h2-12,15,25-27,30H,13-14,16-24H2,1H3. The predicted molar refractivity (Wildman–Crippen MR) is 184 cm³/mol. The van der Waals surface area contributed by atoms with Gasteiger partial charge in [0.05, 0.1) is 30.1 Å².